The van der Waals surface area contributed by atoms with Crippen molar-refractivity contribution in [2.75, 3.05) is 32.8 Å². The van der Waals surface area contributed by atoms with Gasteiger partial charge in [0, 0.05) is 37.3 Å². The Kier molecular flexibility index (Phi) is 9.94. The zero-order valence-corrected chi connectivity index (χ0v) is 26.2. The Morgan fingerprint density at radius 1 is 1.05 bits per heavy atom. The average molecular weight is 607 g/mol. The number of nitrogens with zero attached hydrogens (tertiary/aromatic N) is 5. The third-order valence-corrected chi connectivity index (χ3v) is 9.76. The number of pyridine rings is 2. The second-order valence-corrected chi connectivity index (χ2v) is 13.1. The van der Waals surface area contributed by atoms with Crippen LogP contribution in [0.15, 0.2) is 58.4 Å². The van der Waals surface area contributed by atoms with Crippen molar-refractivity contribution in [3.8, 4) is 17.0 Å². The predicted molar refractivity (Wildman–Crippen MR) is 169 cm³/mol. The summed E-state index contributed by atoms with van der Waals surface area (Å²) in [6.07, 6.45) is 7.56. The van der Waals surface area contributed by atoms with Gasteiger partial charge in [0.05, 0.1) is 35.1 Å². The SMILES string of the molecule is CCCOc1ccc(S(=O)(=O)N(CCN2CCCCC2)Cc2ccccn2)cc1-c1cc2c(CCC)nn(C)c2c(=O)[nH]1. The first-order valence-electron chi connectivity index (χ1n) is 15.3. The molecule has 0 bridgehead atoms. The molecule has 1 aliphatic heterocycles. The van der Waals surface area contributed by atoms with Gasteiger partial charge < -0.3 is 14.6 Å². The molecule has 4 aromatic rings. The number of H-pyrrole nitrogens is 1. The average Bonchev–Trinajstić information content (AvgIpc) is 3.34. The van der Waals surface area contributed by atoms with Crippen LogP contribution in [0.2, 0.25) is 0 Å². The Morgan fingerprint density at radius 3 is 2.58 bits per heavy atom. The quantitative estimate of drug-likeness (QED) is 0.234. The topological polar surface area (TPSA) is 113 Å². The molecule has 0 aliphatic carbocycles. The fourth-order valence-electron chi connectivity index (χ4n) is 5.70. The van der Waals surface area contributed by atoms with Gasteiger partial charge in [-0.05, 0) is 75.2 Å². The van der Waals surface area contributed by atoms with E-state index >= 15 is 0 Å². The highest BCUT2D eigenvalue weighted by atomic mass is 32.2. The summed E-state index contributed by atoms with van der Waals surface area (Å²) in [7, 11) is -2.17. The number of likely N-dealkylation sites (tertiary alicyclic amines) is 1. The molecule has 1 aliphatic rings. The molecule has 1 aromatic carbocycles. The maximum absolute atomic E-state index is 14.3. The smallest absolute Gasteiger partial charge is 0.274 e. The lowest BCUT2D eigenvalue weighted by Crippen LogP contribution is -2.40. The summed E-state index contributed by atoms with van der Waals surface area (Å²) in [6, 6.07) is 12.3. The number of aryl methyl sites for hydroxylation is 2. The number of aromatic nitrogens is 4. The van der Waals surface area contributed by atoms with Crippen LogP contribution < -0.4 is 10.3 Å². The second-order valence-electron chi connectivity index (χ2n) is 11.2. The Morgan fingerprint density at radius 2 is 1.86 bits per heavy atom. The molecule has 0 unspecified atom stereocenters. The summed E-state index contributed by atoms with van der Waals surface area (Å²) < 4.78 is 37.8. The fraction of sp³-hybridized carbons (Fsp3) is 0.469. The van der Waals surface area contributed by atoms with Crippen LogP contribution in [0.1, 0.15) is 57.3 Å². The van der Waals surface area contributed by atoms with Crippen LogP contribution >= 0.6 is 0 Å². The molecule has 5 rings (SSSR count). The number of sulfonamides is 1. The first kappa shape index (κ1) is 30.9. The van der Waals surface area contributed by atoms with Crippen molar-refractivity contribution in [1.82, 2.24) is 29.0 Å². The van der Waals surface area contributed by atoms with Gasteiger partial charge in [-0.2, -0.15) is 9.40 Å². The van der Waals surface area contributed by atoms with Gasteiger partial charge in [-0.3, -0.25) is 14.5 Å². The van der Waals surface area contributed by atoms with Crippen molar-refractivity contribution >= 4 is 20.9 Å². The van der Waals surface area contributed by atoms with E-state index in [0.29, 0.717) is 47.9 Å². The standard InChI is InChI=1S/C32H42N6O4S/c1-4-11-28-27-22-29(34-32(39)31(27)36(3)35-28)26-21-25(13-14-30(26)42-20-5-2)43(40,41)38(23-24-12-7-8-15-33-24)19-18-37-16-9-6-10-17-37/h7-8,12-15,21-22H,4-6,9-11,16-20,23H2,1-3H3,(H,34,39). The Balaban J connectivity index is 1.57. The maximum atomic E-state index is 14.3. The zero-order valence-electron chi connectivity index (χ0n) is 25.4. The van der Waals surface area contributed by atoms with E-state index in [0.717, 1.165) is 56.3 Å². The first-order valence-corrected chi connectivity index (χ1v) is 16.7. The monoisotopic (exact) mass is 606 g/mol. The molecule has 0 radical (unpaired) electrons. The van der Waals surface area contributed by atoms with Crippen LogP contribution in [0.4, 0.5) is 0 Å². The van der Waals surface area contributed by atoms with Crippen molar-refractivity contribution in [3.05, 3.63) is 70.4 Å². The largest absolute Gasteiger partial charge is 0.493 e. The highest BCUT2D eigenvalue weighted by molar-refractivity contribution is 7.89. The van der Waals surface area contributed by atoms with Crippen molar-refractivity contribution in [1.29, 1.82) is 0 Å². The normalized spacial score (nSPS) is 14.5. The summed E-state index contributed by atoms with van der Waals surface area (Å²) in [5, 5.41) is 5.34. The van der Waals surface area contributed by atoms with Gasteiger partial charge >= 0.3 is 0 Å². The first-order chi connectivity index (χ1) is 20.8. The van der Waals surface area contributed by atoms with Gasteiger partial charge in [0.25, 0.3) is 5.56 Å². The number of rotatable bonds is 13. The van der Waals surface area contributed by atoms with E-state index in [1.54, 1.807) is 36.1 Å². The Hall–Kier alpha value is -3.54. The van der Waals surface area contributed by atoms with Gasteiger partial charge in [-0.25, -0.2) is 8.42 Å². The van der Waals surface area contributed by atoms with Crippen LogP contribution in [0.25, 0.3) is 22.2 Å². The minimum Gasteiger partial charge on any atom is -0.493 e. The van der Waals surface area contributed by atoms with E-state index in [9.17, 15) is 13.2 Å². The number of ether oxygens (including phenoxy) is 1. The molecule has 0 spiro atoms. The molecule has 11 heteroatoms. The van der Waals surface area contributed by atoms with Crippen molar-refractivity contribution in [3.63, 3.8) is 0 Å². The second kappa shape index (κ2) is 13.8. The van der Waals surface area contributed by atoms with E-state index in [1.165, 1.54) is 10.7 Å². The third kappa shape index (κ3) is 7.00. The molecule has 10 nitrogen and oxygen atoms in total. The Labute approximate surface area is 253 Å². The van der Waals surface area contributed by atoms with E-state index in [1.807, 2.05) is 31.2 Å². The summed E-state index contributed by atoms with van der Waals surface area (Å²) in [4.78, 5) is 23.1. The van der Waals surface area contributed by atoms with Gasteiger partial charge in [0.1, 0.15) is 11.3 Å². The van der Waals surface area contributed by atoms with Crippen LogP contribution in [-0.4, -0.2) is 70.2 Å². The maximum Gasteiger partial charge on any atom is 0.274 e. The van der Waals surface area contributed by atoms with Crippen LogP contribution in [0.3, 0.4) is 0 Å². The lowest BCUT2D eigenvalue weighted by molar-refractivity contribution is 0.211. The molecule has 4 heterocycles. The van der Waals surface area contributed by atoms with Crippen LogP contribution in [-0.2, 0) is 30.0 Å². The fourth-order valence-corrected chi connectivity index (χ4v) is 7.13. The van der Waals surface area contributed by atoms with E-state index in [2.05, 4.69) is 26.9 Å². The highest BCUT2D eigenvalue weighted by Gasteiger charge is 2.28. The molecule has 1 N–H and O–H groups in total. The van der Waals surface area contributed by atoms with Crippen molar-refractivity contribution < 1.29 is 13.2 Å². The highest BCUT2D eigenvalue weighted by Crippen LogP contribution is 2.34. The van der Waals surface area contributed by atoms with Crippen molar-refractivity contribution in [2.24, 2.45) is 7.05 Å². The summed E-state index contributed by atoms with van der Waals surface area (Å²) in [5.74, 6) is 0.515. The van der Waals surface area contributed by atoms with E-state index in [-0.39, 0.29) is 17.0 Å². The molecule has 3 aromatic heterocycles. The zero-order chi connectivity index (χ0) is 30.4. The number of aromatic amines is 1. The number of fused-ring (bicyclic) bond motifs is 1. The molecule has 0 amide bonds. The molecular weight excluding hydrogens is 564 g/mol. The number of piperidine rings is 1. The summed E-state index contributed by atoms with van der Waals surface area (Å²) in [5.41, 5.74) is 2.75. The van der Waals surface area contributed by atoms with Gasteiger partial charge in [0.15, 0.2) is 0 Å². The van der Waals surface area contributed by atoms with E-state index < -0.39 is 10.0 Å². The van der Waals surface area contributed by atoms with E-state index in [4.69, 9.17) is 4.74 Å². The third-order valence-electron chi connectivity index (χ3n) is 7.92. The van der Waals surface area contributed by atoms with Gasteiger partial charge in [0.2, 0.25) is 10.0 Å². The number of nitrogens with one attached hydrogen (secondary N) is 1. The molecule has 0 atom stereocenters. The van der Waals surface area contributed by atoms with Crippen LogP contribution in [0, 0.1) is 0 Å². The molecule has 1 fully saturated rings. The summed E-state index contributed by atoms with van der Waals surface area (Å²) >= 11 is 0. The molecule has 0 saturated carbocycles. The van der Waals surface area contributed by atoms with Gasteiger partial charge in [-0.1, -0.05) is 32.8 Å². The molecule has 1 saturated heterocycles. The lowest BCUT2D eigenvalue weighted by Gasteiger charge is -2.29. The van der Waals surface area contributed by atoms with Crippen LogP contribution in [0.5, 0.6) is 5.75 Å². The number of benzene rings is 1. The number of hydrogen-bond acceptors (Lipinski definition) is 7. The molecule has 230 valence electrons. The molecular formula is C32H42N6O4S. The Bertz CT molecular complexity index is 1690. The number of hydrogen-bond donors (Lipinski definition) is 1. The minimum atomic E-state index is -3.93. The minimum absolute atomic E-state index is 0.141. The summed E-state index contributed by atoms with van der Waals surface area (Å²) in [6.45, 7) is 7.67. The lowest BCUT2D eigenvalue weighted by atomic mass is 10.1. The van der Waals surface area contributed by atoms with Gasteiger partial charge in [-0.15, -0.1) is 0 Å². The molecule has 43 heavy (non-hydrogen) atoms. The van der Waals surface area contributed by atoms with Crippen molar-refractivity contribution in [2.45, 2.75) is 63.8 Å². The predicted octanol–water partition coefficient (Wildman–Crippen LogP) is 4.74.